The van der Waals surface area contributed by atoms with Crippen LogP contribution in [-0.4, -0.2) is 13.1 Å². The van der Waals surface area contributed by atoms with E-state index in [0.29, 0.717) is 0 Å². The molecule has 17 heavy (non-hydrogen) atoms. The molecule has 94 valence electrons. The highest BCUT2D eigenvalue weighted by molar-refractivity contribution is 5.49. The number of nitrogens with one attached hydrogen (secondary N) is 1. The smallest absolute Gasteiger partial charge is 0.00140 e. The van der Waals surface area contributed by atoms with Gasteiger partial charge in [-0.2, -0.15) is 0 Å². The highest BCUT2D eigenvalue weighted by Gasteiger charge is 1.91. The maximum atomic E-state index is 3.44. The second-order valence-electron chi connectivity index (χ2n) is 4.88. The van der Waals surface area contributed by atoms with Crippen LogP contribution in [0.25, 0.3) is 6.08 Å². The molecule has 0 amide bonds. The van der Waals surface area contributed by atoms with Gasteiger partial charge in [-0.05, 0) is 43.0 Å². The van der Waals surface area contributed by atoms with Crippen molar-refractivity contribution in [3.63, 3.8) is 0 Å². The highest BCUT2D eigenvalue weighted by Crippen LogP contribution is 2.06. The molecule has 0 spiro atoms. The summed E-state index contributed by atoms with van der Waals surface area (Å²) in [7, 11) is 0. The molecule has 0 aliphatic heterocycles. The fourth-order valence-corrected chi connectivity index (χ4v) is 1.66. The summed E-state index contributed by atoms with van der Waals surface area (Å²) in [5.41, 5.74) is 2.70. The van der Waals surface area contributed by atoms with E-state index in [2.05, 4.69) is 62.5 Å². The van der Waals surface area contributed by atoms with Crippen molar-refractivity contribution in [1.82, 2.24) is 5.32 Å². The number of benzene rings is 1. The molecule has 1 rings (SSSR count). The van der Waals surface area contributed by atoms with Crippen molar-refractivity contribution >= 4 is 6.08 Å². The van der Waals surface area contributed by atoms with E-state index in [4.69, 9.17) is 0 Å². The van der Waals surface area contributed by atoms with Crippen LogP contribution in [0.3, 0.4) is 0 Å². The van der Waals surface area contributed by atoms with Crippen LogP contribution in [0.4, 0.5) is 0 Å². The zero-order chi connectivity index (χ0) is 12.5. The molecule has 0 aliphatic carbocycles. The lowest BCUT2D eigenvalue weighted by Gasteiger charge is -2.04. The average molecular weight is 231 g/mol. The summed E-state index contributed by atoms with van der Waals surface area (Å²) in [5, 5.41) is 3.44. The highest BCUT2D eigenvalue weighted by atomic mass is 14.8. The fourth-order valence-electron chi connectivity index (χ4n) is 1.66. The van der Waals surface area contributed by atoms with E-state index in [-0.39, 0.29) is 0 Å². The molecule has 1 nitrogen and oxygen atoms in total. The van der Waals surface area contributed by atoms with E-state index in [1.165, 1.54) is 11.1 Å². The van der Waals surface area contributed by atoms with E-state index in [0.717, 1.165) is 31.8 Å². The molecule has 1 aromatic rings. The van der Waals surface area contributed by atoms with Crippen LogP contribution in [0, 0.1) is 5.92 Å². The maximum absolute atomic E-state index is 3.44. The Balaban J connectivity index is 2.23. The summed E-state index contributed by atoms with van der Waals surface area (Å²) in [4.78, 5) is 0. The van der Waals surface area contributed by atoms with Gasteiger partial charge >= 0.3 is 0 Å². The lowest BCUT2D eigenvalue weighted by Crippen LogP contribution is -2.20. The van der Waals surface area contributed by atoms with Crippen LogP contribution in [0.15, 0.2) is 30.3 Å². The van der Waals surface area contributed by atoms with E-state index in [1.807, 2.05) is 0 Å². The topological polar surface area (TPSA) is 12.0 Å². The van der Waals surface area contributed by atoms with Crippen LogP contribution in [-0.2, 0) is 6.42 Å². The molecule has 0 saturated carbocycles. The zero-order valence-electron chi connectivity index (χ0n) is 11.4. The summed E-state index contributed by atoms with van der Waals surface area (Å²) in [6, 6.07) is 8.79. The van der Waals surface area contributed by atoms with Gasteiger partial charge in [0.05, 0.1) is 0 Å². The predicted molar refractivity (Wildman–Crippen MR) is 77.2 cm³/mol. The van der Waals surface area contributed by atoms with Crippen molar-refractivity contribution in [3.05, 3.63) is 41.5 Å². The zero-order valence-corrected chi connectivity index (χ0v) is 11.4. The van der Waals surface area contributed by atoms with Gasteiger partial charge in [0.2, 0.25) is 0 Å². The van der Waals surface area contributed by atoms with Gasteiger partial charge in [0, 0.05) is 0 Å². The molecule has 1 N–H and O–H groups in total. The van der Waals surface area contributed by atoms with Gasteiger partial charge in [0.1, 0.15) is 0 Å². The maximum Gasteiger partial charge on any atom is -0.00140 e. The van der Waals surface area contributed by atoms with Crippen molar-refractivity contribution in [3.8, 4) is 0 Å². The SMILES string of the molecule is CCc1ccc(C=CCCNCC(C)C)cc1. The van der Waals surface area contributed by atoms with Gasteiger partial charge in [-0.3, -0.25) is 0 Å². The van der Waals surface area contributed by atoms with Gasteiger partial charge in [0.15, 0.2) is 0 Å². The van der Waals surface area contributed by atoms with Gasteiger partial charge in [-0.25, -0.2) is 0 Å². The van der Waals surface area contributed by atoms with Crippen LogP contribution < -0.4 is 5.32 Å². The summed E-state index contributed by atoms with van der Waals surface area (Å²) in [6.07, 6.45) is 6.66. The molecule has 0 aliphatic rings. The lowest BCUT2D eigenvalue weighted by atomic mass is 10.1. The number of aryl methyl sites for hydroxylation is 1. The van der Waals surface area contributed by atoms with Crippen molar-refractivity contribution < 1.29 is 0 Å². The summed E-state index contributed by atoms with van der Waals surface area (Å²) in [5.74, 6) is 0.737. The van der Waals surface area contributed by atoms with Gasteiger partial charge in [0.25, 0.3) is 0 Å². The third-order valence-corrected chi connectivity index (χ3v) is 2.74. The van der Waals surface area contributed by atoms with Gasteiger partial charge in [-0.1, -0.05) is 57.2 Å². The summed E-state index contributed by atoms with van der Waals surface area (Å²) >= 11 is 0. The van der Waals surface area contributed by atoms with Crippen molar-refractivity contribution in [1.29, 1.82) is 0 Å². The van der Waals surface area contributed by atoms with Crippen molar-refractivity contribution in [2.24, 2.45) is 5.92 Å². The molecule has 0 heterocycles. The molecule has 0 fully saturated rings. The molecular formula is C16H25N. The molecule has 1 aromatic carbocycles. The minimum atomic E-state index is 0.737. The molecule has 0 unspecified atom stereocenters. The van der Waals surface area contributed by atoms with Crippen molar-refractivity contribution in [2.45, 2.75) is 33.6 Å². The Morgan fingerprint density at radius 1 is 1.18 bits per heavy atom. The minimum absolute atomic E-state index is 0.737. The predicted octanol–water partition coefficient (Wildman–Crippen LogP) is 3.90. The Hall–Kier alpha value is -1.08. The molecule has 0 saturated heterocycles. The van der Waals surface area contributed by atoms with E-state index < -0.39 is 0 Å². The van der Waals surface area contributed by atoms with Crippen LogP contribution in [0.2, 0.25) is 0 Å². The van der Waals surface area contributed by atoms with Gasteiger partial charge < -0.3 is 5.32 Å². The third-order valence-electron chi connectivity index (χ3n) is 2.74. The minimum Gasteiger partial charge on any atom is -0.316 e. The normalized spacial score (nSPS) is 11.5. The standard InChI is InChI=1S/C16H25N/c1-4-15-8-10-16(11-9-15)7-5-6-12-17-13-14(2)3/h5,7-11,14,17H,4,6,12-13H2,1-3H3. The third kappa shape index (κ3) is 6.28. The fraction of sp³-hybridized carbons (Fsp3) is 0.500. The largest absolute Gasteiger partial charge is 0.316 e. The second-order valence-corrected chi connectivity index (χ2v) is 4.88. The average Bonchev–Trinajstić information content (AvgIpc) is 2.34. The molecule has 0 radical (unpaired) electrons. The summed E-state index contributed by atoms with van der Waals surface area (Å²) < 4.78 is 0. The number of hydrogen-bond donors (Lipinski definition) is 1. The molecule has 1 heteroatoms. The summed E-state index contributed by atoms with van der Waals surface area (Å²) in [6.45, 7) is 8.84. The van der Waals surface area contributed by atoms with Gasteiger partial charge in [-0.15, -0.1) is 0 Å². The number of hydrogen-bond acceptors (Lipinski definition) is 1. The van der Waals surface area contributed by atoms with Crippen LogP contribution in [0.5, 0.6) is 0 Å². The van der Waals surface area contributed by atoms with E-state index in [1.54, 1.807) is 0 Å². The Kier molecular flexibility index (Phi) is 6.64. The van der Waals surface area contributed by atoms with Crippen LogP contribution >= 0.6 is 0 Å². The monoisotopic (exact) mass is 231 g/mol. The van der Waals surface area contributed by atoms with E-state index in [9.17, 15) is 0 Å². The Morgan fingerprint density at radius 2 is 1.88 bits per heavy atom. The molecule has 0 atom stereocenters. The molecular weight excluding hydrogens is 206 g/mol. The quantitative estimate of drug-likeness (QED) is 0.702. The Morgan fingerprint density at radius 3 is 2.47 bits per heavy atom. The Labute approximate surface area is 106 Å². The lowest BCUT2D eigenvalue weighted by molar-refractivity contribution is 0.557. The van der Waals surface area contributed by atoms with Crippen LogP contribution in [0.1, 0.15) is 38.3 Å². The first kappa shape index (κ1) is 14.0. The Bertz CT molecular complexity index is 322. The number of rotatable bonds is 7. The first-order valence-corrected chi connectivity index (χ1v) is 6.68. The van der Waals surface area contributed by atoms with Crippen molar-refractivity contribution in [2.75, 3.05) is 13.1 Å². The second kappa shape index (κ2) is 8.08. The first-order valence-electron chi connectivity index (χ1n) is 6.68. The first-order chi connectivity index (χ1) is 8.22. The van der Waals surface area contributed by atoms with E-state index >= 15 is 0 Å². The molecule has 0 bridgehead atoms. The molecule has 0 aromatic heterocycles.